The summed E-state index contributed by atoms with van der Waals surface area (Å²) < 4.78 is 19.8. The van der Waals surface area contributed by atoms with Gasteiger partial charge in [0.2, 0.25) is 0 Å². The zero-order valence-electron chi connectivity index (χ0n) is 12.5. The van der Waals surface area contributed by atoms with E-state index in [1.807, 2.05) is 0 Å². The lowest BCUT2D eigenvalue weighted by Crippen LogP contribution is -2.27. The monoisotopic (exact) mass is 312 g/mol. The summed E-state index contributed by atoms with van der Waals surface area (Å²) in [6.45, 7) is 11.3. The van der Waals surface area contributed by atoms with Gasteiger partial charge in [0.25, 0.3) is 0 Å². The van der Waals surface area contributed by atoms with E-state index in [2.05, 4.69) is 19.7 Å². The van der Waals surface area contributed by atoms with E-state index in [1.54, 1.807) is 0 Å². The number of carbonyl (C=O) groups excluding carboxylic acids is 3. The number of rotatable bonds is 11. The van der Waals surface area contributed by atoms with E-state index in [-0.39, 0.29) is 19.6 Å². The highest BCUT2D eigenvalue weighted by molar-refractivity contribution is 5.82. The summed E-state index contributed by atoms with van der Waals surface area (Å²) in [6, 6.07) is 0. The molecule has 0 radical (unpaired) electrons. The van der Waals surface area contributed by atoms with Crippen LogP contribution in [0.5, 0.6) is 0 Å². The molecule has 0 rings (SSSR count). The van der Waals surface area contributed by atoms with Crippen LogP contribution in [-0.2, 0) is 33.3 Å². The molecule has 1 unspecified atom stereocenters. The van der Waals surface area contributed by atoms with Crippen molar-refractivity contribution in [1.29, 1.82) is 0 Å². The molecule has 0 saturated heterocycles. The molecule has 2 atom stereocenters. The Hall–Kier alpha value is -2.41. The molecule has 7 heteroatoms. The van der Waals surface area contributed by atoms with Gasteiger partial charge in [-0.25, -0.2) is 14.4 Å². The normalized spacial score (nSPS) is 12.4. The third-order valence-corrected chi connectivity index (χ3v) is 2.27. The molecule has 0 spiro atoms. The molecule has 0 aliphatic carbocycles. The third kappa shape index (κ3) is 9.49. The SMILES string of the molecule is C=CC(=O)OC[C@@H](CCOC(C)OC(=O)C=C)OC(=O)C=C. The van der Waals surface area contributed by atoms with Crippen molar-refractivity contribution >= 4 is 17.9 Å². The van der Waals surface area contributed by atoms with E-state index in [0.717, 1.165) is 18.2 Å². The number of hydrogen-bond acceptors (Lipinski definition) is 7. The largest absolute Gasteiger partial charge is 0.459 e. The van der Waals surface area contributed by atoms with E-state index in [9.17, 15) is 14.4 Å². The van der Waals surface area contributed by atoms with Crippen molar-refractivity contribution in [3.05, 3.63) is 38.0 Å². The number of hydrogen-bond donors (Lipinski definition) is 0. The van der Waals surface area contributed by atoms with Gasteiger partial charge in [-0.3, -0.25) is 0 Å². The van der Waals surface area contributed by atoms with Gasteiger partial charge in [0.15, 0.2) is 6.29 Å². The molecule has 0 amide bonds. The summed E-state index contributed by atoms with van der Waals surface area (Å²) in [5, 5.41) is 0. The average Bonchev–Trinajstić information content (AvgIpc) is 2.51. The van der Waals surface area contributed by atoms with Gasteiger partial charge in [0.1, 0.15) is 12.7 Å². The fourth-order valence-electron chi connectivity index (χ4n) is 1.23. The van der Waals surface area contributed by atoms with Gasteiger partial charge in [0.05, 0.1) is 6.61 Å². The molecule has 0 aromatic heterocycles. The predicted octanol–water partition coefficient (Wildman–Crippen LogP) is 1.30. The molecule has 22 heavy (non-hydrogen) atoms. The average molecular weight is 312 g/mol. The first kappa shape index (κ1) is 19.6. The van der Waals surface area contributed by atoms with Crippen LogP contribution in [0.25, 0.3) is 0 Å². The van der Waals surface area contributed by atoms with Gasteiger partial charge < -0.3 is 18.9 Å². The molecule has 0 N–H and O–H groups in total. The van der Waals surface area contributed by atoms with Crippen molar-refractivity contribution in [2.45, 2.75) is 25.7 Å². The van der Waals surface area contributed by atoms with E-state index in [0.29, 0.717) is 0 Å². The Labute approximate surface area is 129 Å². The van der Waals surface area contributed by atoms with Gasteiger partial charge in [-0.05, 0) is 6.92 Å². The van der Waals surface area contributed by atoms with Crippen molar-refractivity contribution in [3.63, 3.8) is 0 Å². The van der Waals surface area contributed by atoms with Crippen LogP contribution in [0, 0.1) is 0 Å². The topological polar surface area (TPSA) is 88.1 Å². The quantitative estimate of drug-likeness (QED) is 0.246. The maximum atomic E-state index is 11.2. The summed E-state index contributed by atoms with van der Waals surface area (Å²) in [5.41, 5.74) is 0. The summed E-state index contributed by atoms with van der Waals surface area (Å²) in [5.74, 6) is -1.89. The van der Waals surface area contributed by atoms with Crippen LogP contribution in [0.4, 0.5) is 0 Å². The molecular weight excluding hydrogens is 292 g/mol. The zero-order chi connectivity index (χ0) is 17.0. The van der Waals surface area contributed by atoms with Crippen molar-refractivity contribution in [3.8, 4) is 0 Å². The third-order valence-electron chi connectivity index (χ3n) is 2.27. The van der Waals surface area contributed by atoms with Gasteiger partial charge in [-0.2, -0.15) is 0 Å². The minimum Gasteiger partial charge on any atom is -0.459 e. The van der Waals surface area contributed by atoms with Crippen LogP contribution in [0.2, 0.25) is 0 Å². The molecule has 0 saturated carbocycles. The summed E-state index contributed by atoms with van der Waals surface area (Å²) in [7, 11) is 0. The maximum Gasteiger partial charge on any atom is 0.332 e. The van der Waals surface area contributed by atoms with Crippen LogP contribution in [0.1, 0.15) is 13.3 Å². The summed E-state index contributed by atoms with van der Waals surface area (Å²) >= 11 is 0. The highest BCUT2D eigenvalue weighted by Crippen LogP contribution is 2.04. The van der Waals surface area contributed by atoms with E-state index >= 15 is 0 Å². The fraction of sp³-hybridized carbons (Fsp3) is 0.400. The van der Waals surface area contributed by atoms with E-state index in [1.165, 1.54) is 6.92 Å². The standard InChI is InChI=1S/C15H20O7/c1-5-13(16)20-10-12(22-15(18)7-3)8-9-19-11(4)21-14(17)6-2/h5-7,11-12H,1-3,8-10H2,4H3/t11?,12-/m1/s1. The van der Waals surface area contributed by atoms with Gasteiger partial charge in [-0.1, -0.05) is 19.7 Å². The molecule has 0 heterocycles. The molecule has 0 aliphatic heterocycles. The Balaban J connectivity index is 4.26. The second kappa shape index (κ2) is 11.3. The smallest absolute Gasteiger partial charge is 0.332 e. The first-order valence-corrected chi connectivity index (χ1v) is 6.49. The zero-order valence-corrected chi connectivity index (χ0v) is 12.5. The highest BCUT2D eigenvalue weighted by Gasteiger charge is 2.16. The fourth-order valence-corrected chi connectivity index (χ4v) is 1.23. The molecule has 0 bridgehead atoms. The lowest BCUT2D eigenvalue weighted by atomic mass is 10.3. The van der Waals surface area contributed by atoms with E-state index in [4.69, 9.17) is 18.9 Å². The molecule has 0 aromatic rings. The van der Waals surface area contributed by atoms with Crippen LogP contribution in [-0.4, -0.2) is 43.5 Å². The second-order valence-electron chi connectivity index (χ2n) is 3.97. The predicted molar refractivity (Wildman–Crippen MR) is 77.6 cm³/mol. The highest BCUT2D eigenvalue weighted by atomic mass is 16.7. The van der Waals surface area contributed by atoms with Crippen molar-refractivity contribution in [1.82, 2.24) is 0 Å². The first-order chi connectivity index (χ1) is 10.4. The Morgan fingerprint density at radius 3 is 2.05 bits per heavy atom. The molecule has 122 valence electrons. The van der Waals surface area contributed by atoms with Crippen LogP contribution < -0.4 is 0 Å². The second-order valence-corrected chi connectivity index (χ2v) is 3.97. The lowest BCUT2D eigenvalue weighted by Gasteiger charge is -2.18. The minimum absolute atomic E-state index is 0.117. The van der Waals surface area contributed by atoms with Gasteiger partial charge in [0, 0.05) is 24.6 Å². The number of esters is 3. The molecular formula is C15H20O7. The minimum atomic E-state index is -0.781. The maximum absolute atomic E-state index is 11.2. The number of ether oxygens (including phenoxy) is 4. The van der Waals surface area contributed by atoms with Crippen molar-refractivity contribution in [2.24, 2.45) is 0 Å². The van der Waals surface area contributed by atoms with Crippen LogP contribution >= 0.6 is 0 Å². The Morgan fingerprint density at radius 1 is 0.955 bits per heavy atom. The van der Waals surface area contributed by atoms with Crippen LogP contribution in [0.15, 0.2) is 38.0 Å². The Kier molecular flexibility index (Phi) is 10.0. The first-order valence-electron chi connectivity index (χ1n) is 6.49. The van der Waals surface area contributed by atoms with Crippen LogP contribution in [0.3, 0.4) is 0 Å². The summed E-state index contributed by atoms with van der Waals surface area (Å²) in [4.78, 5) is 33.2. The summed E-state index contributed by atoms with van der Waals surface area (Å²) in [6.07, 6.45) is 1.76. The molecule has 0 aliphatic rings. The molecule has 0 aromatic carbocycles. The van der Waals surface area contributed by atoms with Crippen molar-refractivity contribution < 1.29 is 33.3 Å². The number of carbonyl (C=O) groups is 3. The van der Waals surface area contributed by atoms with E-state index < -0.39 is 30.3 Å². The van der Waals surface area contributed by atoms with Gasteiger partial charge >= 0.3 is 17.9 Å². The Bertz CT molecular complexity index is 428. The van der Waals surface area contributed by atoms with Gasteiger partial charge in [-0.15, -0.1) is 0 Å². The van der Waals surface area contributed by atoms with Crippen molar-refractivity contribution in [2.75, 3.05) is 13.2 Å². The lowest BCUT2D eigenvalue weighted by molar-refractivity contribution is -0.171. The molecule has 7 nitrogen and oxygen atoms in total. The Morgan fingerprint density at radius 2 is 1.50 bits per heavy atom. The molecule has 0 fully saturated rings.